The van der Waals surface area contributed by atoms with E-state index in [1.165, 1.54) is 0 Å². The molecule has 1 spiro atoms. The van der Waals surface area contributed by atoms with Gasteiger partial charge < -0.3 is 19.5 Å². The van der Waals surface area contributed by atoms with E-state index in [2.05, 4.69) is 9.37 Å². The Bertz CT molecular complexity index is 687. The van der Waals surface area contributed by atoms with Crippen molar-refractivity contribution < 1.29 is 60.0 Å². The van der Waals surface area contributed by atoms with E-state index < -0.39 is 78.0 Å². The van der Waals surface area contributed by atoms with Crippen molar-refractivity contribution in [3.63, 3.8) is 0 Å². The van der Waals surface area contributed by atoms with Gasteiger partial charge in [-0.3, -0.25) is 9.83 Å². The summed E-state index contributed by atoms with van der Waals surface area (Å²) in [5.41, 5.74) is -1.16. The van der Waals surface area contributed by atoms with Crippen molar-refractivity contribution in [2.24, 2.45) is 23.2 Å². The molecule has 0 radical (unpaired) electrons. The molecule has 4 aliphatic carbocycles. The van der Waals surface area contributed by atoms with Gasteiger partial charge in [0.15, 0.2) is 12.4 Å². The maximum Gasteiger partial charge on any atom is 0.354 e. The van der Waals surface area contributed by atoms with E-state index >= 15 is 0 Å². The van der Waals surface area contributed by atoms with Gasteiger partial charge in [-0.2, -0.15) is 30.7 Å². The summed E-state index contributed by atoms with van der Waals surface area (Å²) in [6.45, 7) is -4.40. The number of hydrogen-bond donors (Lipinski definition) is 0. The Morgan fingerprint density at radius 3 is 2.10 bits per heavy atom. The van der Waals surface area contributed by atoms with E-state index in [4.69, 9.17) is 14.2 Å². The Morgan fingerprint density at radius 1 is 1.03 bits per heavy atom. The quantitative estimate of drug-likeness (QED) is 0.188. The van der Waals surface area contributed by atoms with Crippen LogP contribution in [0, 0.1) is 23.2 Å². The fraction of sp³-hybridized carbons (Fsp3) is 0.941. The fourth-order valence-electron chi connectivity index (χ4n) is 5.70. The molecule has 5 aliphatic rings. The first-order valence-electron chi connectivity index (χ1n) is 9.58. The lowest BCUT2D eigenvalue weighted by Gasteiger charge is -2.62. The van der Waals surface area contributed by atoms with Crippen LogP contribution in [-0.2, 0) is 28.4 Å². The number of carbonyl (C=O) groups excluding carboxylic acids is 1. The van der Waals surface area contributed by atoms with Crippen molar-refractivity contribution in [2.45, 2.75) is 55.0 Å². The number of ether oxygens (including phenoxy) is 3. The summed E-state index contributed by atoms with van der Waals surface area (Å²) in [4.78, 5) is 12.7. The molecule has 7 nitrogen and oxygen atoms in total. The SMILES string of the molecule is O=C(OCC(F)(F)SOO[O-])C12CC3CC(C1)C1(OCC(F)(F)C(F)(F)CO1)C(C3)C2. The van der Waals surface area contributed by atoms with E-state index in [1.807, 2.05) is 0 Å². The lowest BCUT2D eigenvalue weighted by Crippen LogP contribution is -2.65. The van der Waals surface area contributed by atoms with Crippen LogP contribution in [0.1, 0.15) is 32.1 Å². The van der Waals surface area contributed by atoms with Crippen molar-refractivity contribution in [1.29, 1.82) is 0 Å². The summed E-state index contributed by atoms with van der Waals surface area (Å²) >= 11 is -0.610. The second kappa shape index (κ2) is 7.62. The first-order chi connectivity index (χ1) is 14.3. The van der Waals surface area contributed by atoms with Gasteiger partial charge >= 0.3 is 23.1 Å². The first kappa shape index (κ1) is 23.4. The van der Waals surface area contributed by atoms with E-state index in [0.29, 0.717) is 19.3 Å². The summed E-state index contributed by atoms with van der Waals surface area (Å²) in [6.07, 6.45) is 1.23. The molecular formula is C17H19F6O7S-. The Balaban J connectivity index is 1.49. The molecule has 178 valence electrons. The number of hydrogen-bond acceptors (Lipinski definition) is 8. The van der Waals surface area contributed by atoms with E-state index in [0.717, 1.165) is 0 Å². The van der Waals surface area contributed by atoms with Gasteiger partial charge in [-0.15, -0.1) is 0 Å². The fourth-order valence-corrected chi connectivity index (χ4v) is 5.93. The average molecular weight is 481 g/mol. The van der Waals surface area contributed by atoms with Gasteiger partial charge in [-0.1, -0.05) is 0 Å². The highest BCUT2D eigenvalue weighted by molar-refractivity contribution is 7.95. The van der Waals surface area contributed by atoms with E-state index in [-0.39, 0.29) is 18.8 Å². The van der Waals surface area contributed by atoms with Gasteiger partial charge in [0, 0.05) is 11.8 Å². The monoisotopic (exact) mass is 481 g/mol. The normalized spacial score (nSPS) is 37.6. The molecule has 1 aliphatic heterocycles. The average Bonchev–Trinajstić information content (AvgIpc) is 2.78. The van der Waals surface area contributed by atoms with Crippen LogP contribution in [0.5, 0.6) is 0 Å². The molecule has 2 unspecified atom stereocenters. The predicted molar refractivity (Wildman–Crippen MR) is 86.2 cm³/mol. The first-order valence-corrected chi connectivity index (χ1v) is 10.3. The van der Waals surface area contributed by atoms with Crippen LogP contribution in [0.4, 0.5) is 26.3 Å². The van der Waals surface area contributed by atoms with Crippen molar-refractivity contribution in [3.8, 4) is 0 Å². The Kier molecular flexibility index (Phi) is 5.74. The number of carbonyl (C=O) groups is 1. The number of alkyl halides is 6. The van der Waals surface area contributed by atoms with Crippen molar-refractivity contribution >= 4 is 18.0 Å². The zero-order valence-corrected chi connectivity index (χ0v) is 16.7. The zero-order valence-electron chi connectivity index (χ0n) is 15.9. The van der Waals surface area contributed by atoms with Gasteiger partial charge in [0.1, 0.15) is 25.3 Å². The second-order valence-electron chi connectivity index (χ2n) is 8.76. The van der Waals surface area contributed by atoms with Gasteiger partial charge in [-0.25, -0.2) is 0 Å². The van der Waals surface area contributed by atoms with Crippen molar-refractivity contribution in [3.05, 3.63) is 0 Å². The minimum atomic E-state index is -4.40. The largest absolute Gasteiger partial charge is 0.691 e. The Hall–Kier alpha value is -0.800. The minimum Gasteiger partial charge on any atom is -0.691 e. The predicted octanol–water partition coefficient (Wildman–Crippen LogP) is 2.83. The van der Waals surface area contributed by atoms with Crippen LogP contribution < -0.4 is 5.26 Å². The lowest BCUT2D eigenvalue weighted by atomic mass is 9.47. The van der Waals surface area contributed by atoms with Gasteiger partial charge in [0.2, 0.25) is 0 Å². The third-order valence-electron chi connectivity index (χ3n) is 6.81. The van der Waals surface area contributed by atoms with Gasteiger partial charge in [0.05, 0.1) is 5.41 Å². The van der Waals surface area contributed by atoms with E-state index in [1.54, 1.807) is 0 Å². The van der Waals surface area contributed by atoms with Crippen LogP contribution in [0.15, 0.2) is 0 Å². The van der Waals surface area contributed by atoms with Crippen LogP contribution in [0.3, 0.4) is 0 Å². The summed E-state index contributed by atoms with van der Waals surface area (Å²) in [6, 6.07) is 0. The molecule has 0 aromatic heterocycles. The van der Waals surface area contributed by atoms with Crippen LogP contribution >= 0.6 is 12.0 Å². The summed E-state index contributed by atoms with van der Waals surface area (Å²) in [7, 11) is 0. The third-order valence-corrected chi connectivity index (χ3v) is 7.29. The van der Waals surface area contributed by atoms with E-state index in [9.17, 15) is 36.4 Å². The number of halogens is 6. The standard InChI is InChI=1S/C17H20F6O7S/c18-14(19)6-27-17(28-7-15(14,20)21)10-1-9-2-11(17)5-13(3-9,4-10)12(24)26-8-16(22,23)31-30-29-25/h9-11,25H,1-8H2/p-1. The molecule has 5 fully saturated rings. The molecule has 1 heterocycles. The highest BCUT2D eigenvalue weighted by atomic mass is 32.2. The maximum absolute atomic E-state index is 13.8. The summed E-state index contributed by atoms with van der Waals surface area (Å²) in [5.74, 6) is -12.7. The third kappa shape index (κ3) is 3.92. The van der Waals surface area contributed by atoms with Crippen molar-refractivity contribution in [2.75, 3.05) is 19.8 Å². The zero-order chi connectivity index (χ0) is 22.7. The van der Waals surface area contributed by atoms with Crippen LogP contribution in [-0.4, -0.2) is 48.7 Å². The molecule has 1 saturated heterocycles. The molecule has 5 rings (SSSR count). The smallest absolute Gasteiger partial charge is 0.354 e. The molecule has 0 aromatic rings. The molecule has 2 atom stereocenters. The van der Waals surface area contributed by atoms with Crippen molar-refractivity contribution in [1.82, 2.24) is 0 Å². The second-order valence-corrected chi connectivity index (χ2v) is 9.66. The molecule has 0 N–H and O–H groups in total. The summed E-state index contributed by atoms with van der Waals surface area (Å²) in [5, 5.41) is 8.80. The lowest BCUT2D eigenvalue weighted by molar-refractivity contribution is -0.777. The molecule has 4 saturated carbocycles. The molecule has 0 amide bonds. The summed E-state index contributed by atoms with van der Waals surface area (Å²) < 4.78 is 101. The Labute approximate surface area is 176 Å². The number of esters is 1. The highest BCUT2D eigenvalue weighted by Crippen LogP contribution is 2.66. The molecule has 31 heavy (non-hydrogen) atoms. The maximum atomic E-state index is 13.8. The van der Waals surface area contributed by atoms with Crippen LogP contribution in [0.25, 0.3) is 0 Å². The highest BCUT2D eigenvalue weighted by Gasteiger charge is 2.70. The molecule has 4 bridgehead atoms. The molecule has 14 heteroatoms. The molecular weight excluding hydrogens is 462 g/mol. The Morgan fingerprint density at radius 2 is 1.58 bits per heavy atom. The van der Waals surface area contributed by atoms with Gasteiger partial charge in [0.25, 0.3) is 0 Å². The van der Waals surface area contributed by atoms with Crippen LogP contribution in [0.2, 0.25) is 0 Å². The van der Waals surface area contributed by atoms with Gasteiger partial charge in [-0.05, 0) is 38.0 Å². The number of rotatable bonds is 6. The topological polar surface area (TPSA) is 86.3 Å². The molecule has 0 aromatic carbocycles. The minimum absolute atomic E-state index is 0.0227.